The molecule has 1 heterocycles. The van der Waals surface area contributed by atoms with Gasteiger partial charge in [0.2, 0.25) is 5.91 Å². The van der Waals surface area contributed by atoms with Crippen LogP contribution in [0.25, 0.3) is 0 Å². The standard InChI is InChI=1S/C34H42F5N3O3/c1-31-18-27(22-5-3-21(4-6-22)19-41-13-15-42(16-14-41)20-29(44)40-2)30-25-10-8-24(43)17-23(25)7-9-26(30)28(31)11-12-32(31,45)33(35,36)34(37,38)39/h3-6,17,26-28,45H,7-16,18-20H2,1-2H3,(H,40,44)/t26?,27-,28?,31+,32+/m1/s1. The molecule has 2 N–H and O–H groups in total. The minimum Gasteiger partial charge on any atom is -0.383 e. The monoisotopic (exact) mass is 635 g/mol. The molecule has 1 aliphatic heterocycles. The second-order valence-electron chi connectivity index (χ2n) is 13.9. The van der Waals surface area contributed by atoms with Crippen molar-refractivity contribution in [2.24, 2.45) is 17.3 Å². The molecule has 6 rings (SSSR count). The van der Waals surface area contributed by atoms with E-state index < -0.39 is 41.4 Å². The number of likely N-dealkylation sites (N-methyl/N-ethyl adjacent to an activating group) is 1. The van der Waals surface area contributed by atoms with Crippen LogP contribution >= 0.6 is 0 Å². The van der Waals surface area contributed by atoms with Gasteiger partial charge in [-0.15, -0.1) is 0 Å². The number of piperazine rings is 1. The SMILES string of the molecule is CNC(=O)CN1CCN(Cc2ccc([C@H]3C[C@@]4(C)C(CC[C@@]4(O)C(F)(F)C(F)(F)F)C4CCC5=CC(=O)CCC5=C43)cc2)CC1. The van der Waals surface area contributed by atoms with E-state index in [1.165, 1.54) is 6.92 Å². The zero-order valence-electron chi connectivity index (χ0n) is 25.9. The Bertz CT molecular complexity index is 1400. The first-order valence-electron chi connectivity index (χ1n) is 16.1. The van der Waals surface area contributed by atoms with Crippen LogP contribution in [0.3, 0.4) is 0 Å². The largest absolute Gasteiger partial charge is 0.456 e. The number of nitrogens with one attached hydrogen (secondary N) is 1. The highest BCUT2D eigenvalue weighted by atomic mass is 19.4. The van der Waals surface area contributed by atoms with Crippen LogP contribution in [-0.4, -0.2) is 84.1 Å². The highest BCUT2D eigenvalue weighted by Crippen LogP contribution is 2.70. The Balaban J connectivity index is 1.31. The van der Waals surface area contributed by atoms with Gasteiger partial charge in [0.1, 0.15) is 5.60 Å². The molecule has 3 fully saturated rings. The lowest BCUT2D eigenvalue weighted by atomic mass is 9.50. The second-order valence-corrected chi connectivity index (χ2v) is 13.9. The molecule has 2 unspecified atom stereocenters. The van der Waals surface area contributed by atoms with Crippen molar-refractivity contribution in [3.63, 3.8) is 0 Å². The van der Waals surface area contributed by atoms with Crippen molar-refractivity contribution in [1.29, 1.82) is 0 Å². The Morgan fingerprint density at radius 3 is 2.31 bits per heavy atom. The zero-order valence-corrected chi connectivity index (χ0v) is 25.9. The first-order chi connectivity index (χ1) is 21.2. The quantitative estimate of drug-likeness (QED) is 0.411. The van der Waals surface area contributed by atoms with Crippen molar-refractivity contribution in [2.45, 2.75) is 82.0 Å². The summed E-state index contributed by atoms with van der Waals surface area (Å²) < 4.78 is 71.9. The van der Waals surface area contributed by atoms with Gasteiger partial charge < -0.3 is 10.4 Å². The number of allylic oxidation sites excluding steroid dienone is 4. The molecule has 5 aliphatic rings. The number of aliphatic hydroxyl groups is 1. The average Bonchev–Trinajstić information content (AvgIpc) is 3.28. The van der Waals surface area contributed by atoms with E-state index in [1.54, 1.807) is 13.1 Å². The van der Waals surface area contributed by atoms with Crippen LogP contribution in [0.5, 0.6) is 0 Å². The fourth-order valence-corrected chi connectivity index (χ4v) is 9.22. The Labute approximate surface area is 260 Å². The van der Waals surface area contributed by atoms with Gasteiger partial charge in [-0.25, -0.2) is 0 Å². The lowest BCUT2D eigenvalue weighted by molar-refractivity contribution is -0.362. The fourth-order valence-electron chi connectivity index (χ4n) is 9.22. The first-order valence-corrected chi connectivity index (χ1v) is 16.1. The number of carbonyl (C=O) groups excluding carboxylic acids is 2. The van der Waals surface area contributed by atoms with E-state index in [0.717, 1.165) is 54.0 Å². The maximum absolute atomic E-state index is 15.2. The Hall–Kier alpha value is -2.63. The average molecular weight is 636 g/mol. The number of nitrogens with zero attached hydrogens (tertiary/aromatic N) is 2. The summed E-state index contributed by atoms with van der Waals surface area (Å²) in [7, 11) is 1.62. The van der Waals surface area contributed by atoms with Gasteiger partial charge in [-0.3, -0.25) is 19.4 Å². The molecule has 1 aromatic rings. The van der Waals surface area contributed by atoms with Crippen molar-refractivity contribution >= 4 is 11.7 Å². The van der Waals surface area contributed by atoms with Crippen LogP contribution in [0.2, 0.25) is 0 Å². The molecule has 2 saturated carbocycles. The molecular weight excluding hydrogens is 593 g/mol. The number of ketones is 1. The maximum atomic E-state index is 15.2. The number of carbonyl (C=O) groups is 2. The van der Waals surface area contributed by atoms with Crippen molar-refractivity contribution in [3.8, 4) is 0 Å². The molecule has 0 spiro atoms. The molecule has 1 aromatic carbocycles. The molecule has 0 bridgehead atoms. The number of hydrogen-bond acceptors (Lipinski definition) is 5. The van der Waals surface area contributed by atoms with Crippen LogP contribution in [-0.2, 0) is 16.1 Å². The maximum Gasteiger partial charge on any atom is 0.456 e. The summed E-state index contributed by atoms with van der Waals surface area (Å²) >= 11 is 0. The third kappa shape index (κ3) is 5.36. The minimum absolute atomic E-state index is 0.0150. The first kappa shape index (κ1) is 32.3. The number of benzene rings is 1. The van der Waals surface area contributed by atoms with E-state index in [2.05, 4.69) is 15.1 Å². The fraction of sp³-hybridized carbons (Fsp3) is 0.647. The number of halogens is 5. The summed E-state index contributed by atoms with van der Waals surface area (Å²) in [4.78, 5) is 28.4. The van der Waals surface area contributed by atoms with Gasteiger partial charge in [0, 0.05) is 57.5 Å². The van der Waals surface area contributed by atoms with Crippen LogP contribution in [0, 0.1) is 17.3 Å². The molecule has 6 nitrogen and oxygen atoms in total. The van der Waals surface area contributed by atoms with Gasteiger partial charge >= 0.3 is 12.1 Å². The number of fused-ring (bicyclic) bond motifs is 4. The van der Waals surface area contributed by atoms with Crippen molar-refractivity contribution < 1.29 is 36.6 Å². The summed E-state index contributed by atoms with van der Waals surface area (Å²) in [6.45, 7) is 5.67. The minimum atomic E-state index is -5.87. The summed E-state index contributed by atoms with van der Waals surface area (Å²) in [6, 6.07) is 7.90. The third-order valence-electron chi connectivity index (χ3n) is 11.7. The van der Waals surface area contributed by atoms with Crippen LogP contribution in [0.15, 0.2) is 47.1 Å². The Morgan fingerprint density at radius 1 is 1.00 bits per heavy atom. The number of rotatable bonds is 6. The highest BCUT2D eigenvalue weighted by Gasteiger charge is 2.79. The van der Waals surface area contributed by atoms with Crippen LogP contribution < -0.4 is 5.32 Å². The molecule has 5 atom stereocenters. The summed E-state index contributed by atoms with van der Waals surface area (Å²) in [6.07, 6.45) is -2.67. The summed E-state index contributed by atoms with van der Waals surface area (Å²) in [5, 5.41) is 14.1. The van der Waals surface area contributed by atoms with E-state index in [-0.39, 0.29) is 30.4 Å². The van der Waals surface area contributed by atoms with E-state index in [0.29, 0.717) is 38.8 Å². The van der Waals surface area contributed by atoms with Gasteiger partial charge in [0.25, 0.3) is 0 Å². The molecule has 0 aromatic heterocycles. The Kier molecular flexibility index (Phi) is 8.30. The second kappa shape index (κ2) is 11.6. The summed E-state index contributed by atoms with van der Waals surface area (Å²) in [5.74, 6) is -6.40. The molecule has 246 valence electrons. The Morgan fingerprint density at radius 2 is 1.67 bits per heavy atom. The van der Waals surface area contributed by atoms with E-state index >= 15 is 8.78 Å². The predicted molar refractivity (Wildman–Crippen MR) is 158 cm³/mol. The van der Waals surface area contributed by atoms with Crippen LogP contribution in [0.1, 0.15) is 68.9 Å². The smallest absolute Gasteiger partial charge is 0.383 e. The van der Waals surface area contributed by atoms with E-state index in [4.69, 9.17) is 0 Å². The highest BCUT2D eigenvalue weighted by molar-refractivity contribution is 5.93. The predicted octanol–water partition coefficient (Wildman–Crippen LogP) is 5.38. The van der Waals surface area contributed by atoms with Crippen molar-refractivity contribution in [2.75, 3.05) is 39.8 Å². The normalized spacial score (nSPS) is 32.9. The summed E-state index contributed by atoms with van der Waals surface area (Å²) in [5.41, 5.74) is 0.119. The number of amides is 1. The van der Waals surface area contributed by atoms with Gasteiger partial charge in [0.15, 0.2) is 5.78 Å². The molecule has 1 amide bonds. The van der Waals surface area contributed by atoms with Crippen molar-refractivity contribution in [3.05, 3.63) is 58.2 Å². The van der Waals surface area contributed by atoms with Gasteiger partial charge in [-0.05, 0) is 78.7 Å². The topological polar surface area (TPSA) is 72.9 Å². The molecule has 45 heavy (non-hydrogen) atoms. The number of alkyl halides is 5. The molecule has 1 saturated heterocycles. The van der Waals surface area contributed by atoms with Crippen LogP contribution in [0.4, 0.5) is 22.0 Å². The lowest BCUT2D eigenvalue weighted by Crippen LogP contribution is -2.65. The van der Waals surface area contributed by atoms with Crippen molar-refractivity contribution in [1.82, 2.24) is 15.1 Å². The van der Waals surface area contributed by atoms with Gasteiger partial charge in [-0.1, -0.05) is 36.8 Å². The number of hydrogen-bond donors (Lipinski definition) is 2. The third-order valence-corrected chi connectivity index (χ3v) is 11.7. The molecule has 11 heteroatoms. The zero-order chi connectivity index (χ0) is 32.4. The van der Waals surface area contributed by atoms with Gasteiger partial charge in [0.05, 0.1) is 6.54 Å². The van der Waals surface area contributed by atoms with Gasteiger partial charge in [-0.2, -0.15) is 22.0 Å². The van der Waals surface area contributed by atoms with E-state index in [9.17, 15) is 27.9 Å². The molecule has 0 radical (unpaired) electrons. The molecular formula is C34H42F5N3O3. The molecule has 4 aliphatic carbocycles. The van der Waals surface area contributed by atoms with E-state index in [1.807, 2.05) is 24.3 Å². The lowest BCUT2D eigenvalue weighted by Gasteiger charge is -2.56.